The third-order valence-corrected chi connectivity index (χ3v) is 9.63. The van der Waals surface area contributed by atoms with E-state index in [9.17, 15) is 0 Å². The Morgan fingerprint density at radius 2 is 1.27 bits per heavy atom. The van der Waals surface area contributed by atoms with Gasteiger partial charge < -0.3 is 0 Å². The van der Waals surface area contributed by atoms with Crippen LogP contribution in [0.15, 0.2) is 146 Å². The number of hydrogen-bond acceptors (Lipinski definition) is 3. The van der Waals surface area contributed by atoms with Crippen LogP contribution < -0.4 is 0 Å². The van der Waals surface area contributed by atoms with Gasteiger partial charge in [0, 0.05) is 11.1 Å². The van der Waals surface area contributed by atoms with Crippen molar-refractivity contribution < 1.29 is 0 Å². The molecule has 1 aromatic heterocycles. The molecule has 48 heavy (non-hydrogen) atoms. The molecule has 0 atom stereocenters. The molecule has 0 amide bonds. The fourth-order valence-corrected chi connectivity index (χ4v) is 7.08. The van der Waals surface area contributed by atoms with Crippen LogP contribution in [0.2, 0.25) is 0 Å². The Hall–Kier alpha value is -5.93. The number of benzene rings is 6. The lowest BCUT2D eigenvalue weighted by Gasteiger charge is -2.18. The van der Waals surface area contributed by atoms with Crippen LogP contribution in [-0.4, -0.2) is 15.0 Å². The van der Waals surface area contributed by atoms with E-state index in [0.717, 1.165) is 39.8 Å². The lowest BCUT2D eigenvalue weighted by Crippen LogP contribution is -2.05. The normalized spacial score (nSPS) is 12.9. The number of allylic oxidation sites excluding steroid dienone is 5. The minimum Gasteiger partial charge on any atom is -0.209 e. The Bertz CT molecular complexity index is 2450. The fraction of sp³-hybridized carbons (Fsp3) is 0.0889. The number of rotatable bonds is 6. The first kappa shape index (κ1) is 29.5. The average Bonchev–Trinajstić information content (AvgIpc) is 3.48. The molecule has 0 bridgehead atoms. The highest BCUT2D eigenvalue weighted by atomic mass is 15.0. The molecule has 0 spiro atoms. The van der Waals surface area contributed by atoms with E-state index in [1.54, 1.807) is 0 Å². The maximum atomic E-state index is 5.17. The van der Waals surface area contributed by atoms with E-state index in [1.165, 1.54) is 49.4 Å². The highest BCUT2D eigenvalue weighted by Crippen LogP contribution is 2.45. The molecule has 1 heterocycles. The molecule has 1 aliphatic carbocycles. The van der Waals surface area contributed by atoms with Crippen LogP contribution in [0.25, 0.3) is 77.7 Å². The maximum Gasteiger partial charge on any atom is 0.165 e. The van der Waals surface area contributed by atoms with Gasteiger partial charge in [-0.05, 0) is 99.3 Å². The van der Waals surface area contributed by atoms with Crippen LogP contribution in [0, 0.1) is 0 Å². The zero-order valence-electron chi connectivity index (χ0n) is 27.5. The minimum atomic E-state index is 0.665. The van der Waals surface area contributed by atoms with E-state index < -0.39 is 0 Å². The molecule has 230 valence electrons. The molecule has 0 fully saturated rings. The minimum absolute atomic E-state index is 0.665. The molecule has 6 aromatic carbocycles. The third-order valence-electron chi connectivity index (χ3n) is 9.63. The Balaban J connectivity index is 1.34. The van der Waals surface area contributed by atoms with Crippen LogP contribution in [0.5, 0.6) is 0 Å². The summed E-state index contributed by atoms with van der Waals surface area (Å²) in [6, 6.07) is 43.3. The van der Waals surface area contributed by atoms with Crippen molar-refractivity contribution in [3.8, 4) is 45.0 Å². The summed E-state index contributed by atoms with van der Waals surface area (Å²) in [4.78, 5) is 15.2. The van der Waals surface area contributed by atoms with Gasteiger partial charge in [-0.2, -0.15) is 0 Å². The lowest BCUT2D eigenvalue weighted by atomic mass is 9.88. The summed E-state index contributed by atoms with van der Waals surface area (Å²) in [5.74, 6) is 2.02. The molecule has 0 unspecified atom stereocenters. The largest absolute Gasteiger partial charge is 0.209 e. The zero-order valence-corrected chi connectivity index (χ0v) is 27.5. The summed E-state index contributed by atoms with van der Waals surface area (Å²) in [7, 11) is 0. The van der Waals surface area contributed by atoms with E-state index in [0.29, 0.717) is 17.5 Å². The number of fused-ring (bicyclic) bond motifs is 4. The number of nitrogens with zero attached hydrogens (tertiary/aromatic N) is 3. The Labute approximate surface area is 281 Å². The Kier molecular flexibility index (Phi) is 7.38. The number of aromatic nitrogens is 3. The SMILES string of the molecule is C=CC1=C(C)Cc2ccc(-c3ccc(-c4cc5ccccc5c5ccccc45)cc3)c(-c3nc(/C(C)=C/C)nc(-c4ccccc4)n3)c21. The van der Waals surface area contributed by atoms with E-state index in [-0.39, 0.29) is 0 Å². The molecule has 3 heteroatoms. The summed E-state index contributed by atoms with van der Waals surface area (Å²) in [6.45, 7) is 10.5. The van der Waals surface area contributed by atoms with Crippen LogP contribution >= 0.6 is 0 Å². The molecule has 0 N–H and O–H groups in total. The van der Waals surface area contributed by atoms with Gasteiger partial charge in [0.1, 0.15) is 0 Å². The van der Waals surface area contributed by atoms with Gasteiger partial charge in [-0.15, -0.1) is 0 Å². The molecule has 0 saturated carbocycles. The molecule has 0 aliphatic heterocycles. The molecular formula is C45H35N3. The van der Waals surface area contributed by atoms with Crippen molar-refractivity contribution in [2.45, 2.75) is 27.2 Å². The summed E-state index contributed by atoms with van der Waals surface area (Å²) in [5, 5.41) is 5.04. The van der Waals surface area contributed by atoms with Gasteiger partial charge in [0.05, 0.1) is 0 Å². The molecule has 0 radical (unpaired) electrons. The van der Waals surface area contributed by atoms with E-state index >= 15 is 0 Å². The first-order chi connectivity index (χ1) is 23.5. The van der Waals surface area contributed by atoms with Gasteiger partial charge in [0.25, 0.3) is 0 Å². The molecule has 1 aliphatic rings. The van der Waals surface area contributed by atoms with Crippen molar-refractivity contribution in [3.63, 3.8) is 0 Å². The molecular weight excluding hydrogens is 583 g/mol. The van der Waals surface area contributed by atoms with Gasteiger partial charge in [-0.3, -0.25) is 0 Å². The second-order valence-electron chi connectivity index (χ2n) is 12.5. The Morgan fingerprint density at radius 1 is 0.625 bits per heavy atom. The molecule has 3 nitrogen and oxygen atoms in total. The van der Waals surface area contributed by atoms with Crippen molar-refractivity contribution in [2.75, 3.05) is 0 Å². The van der Waals surface area contributed by atoms with Crippen molar-refractivity contribution in [2.24, 2.45) is 0 Å². The average molecular weight is 618 g/mol. The van der Waals surface area contributed by atoms with E-state index in [2.05, 4.69) is 130 Å². The first-order valence-electron chi connectivity index (χ1n) is 16.5. The topological polar surface area (TPSA) is 38.7 Å². The zero-order chi connectivity index (χ0) is 32.8. The standard InChI is InChI=1S/C45H35N3/c1-5-28(3)43-46-44(32-14-8-7-9-15-32)48-45(47-43)42-37(25-24-34-26-29(4)35(6-2)41(34)42)30-20-22-31(23-21-30)40-27-33-16-10-11-17-36(33)38-18-12-13-19-39(38)40/h5-25,27H,2,26H2,1,3-4H3/b28-5+. The third kappa shape index (κ3) is 4.96. The molecule has 7 aromatic rings. The first-order valence-corrected chi connectivity index (χ1v) is 16.5. The lowest BCUT2D eigenvalue weighted by molar-refractivity contribution is 1.03. The molecule has 0 saturated heterocycles. The maximum absolute atomic E-state index is 5.17. The predicted octanol–water partition coefficient (Wildman–Crippen LogP) is 11.8. The van der Waals surface area contributed by atoms with E-state index in [1.807, 2.05) is 31.2 Å². The van der Waals surface area contributed by atoms with Crippen molar-refractivity contribution in [1.82, 2.24) is 15.0 Å². The monoisotopic (exact) mass is 617 g/mol. The van der Waals surface area contributed by atoms with Crippen LogP contribution in [0.1, 0.15) is 37.7 Å². The van der Waals surface area contributed by atoms with Crippen molar-refractivity contribution >= 4 is 32.7 Å². The van der Waals surface area contributed by atoms with Crippen LogP contribution in [0.4, 0.5) is 0 Å². The smallest absolute Gasteiger partial charge is 0.165 e. The molecule has 8 rings (SSSR count). The van der Waals surface area contributed by atoms with Gasteiger partial charge in [0.2, 0.25) is 0 Å². The summed E-state index contributed by atoms with van der Waals surface area (Å²) in [6.07, 6.45) is 4.92. The van der Waals surface area contributed by atoms with Gasteiger partial charge >= 0.3 is 0 Å². The summed E-state index contributed by atoms with van der Waals surface area (Å²) in [5.41, 5.74) is 12.5. The van der Waals surface area contributed by atoms with E-state index in [4.69, 9.17) is 15.0 Å². The van der Waals surface area contributed by atoms with Crippen molar-refractivity contribution in [3.05, 3.63) is 163 Å². The van der Waals surface area contributed by atoms with Crippen LogP contribution in [0.3, 0.4) is 0 Å². The van der Waals surface area contributed by atoms with Gasteiger partial charge in [-0.25, -0.2) is 15.0 Å². The summed E-state index contributed by atoms with van der Waals surface area (Å²) < 4.78 is 0. The van der Waals surface area contributed by atoms with Gasteiger partial charge in [-0.1, -0.05) is 140 Å². The highest BCUT2D eigenvalue weighted by Gasteiger charge is 2.26. The Morgan fingerprint density at radius 3 is 2.00 bits per heavy atom. The predicted molar refractivity (Wildman–Crippen MR) is 202 cm³/mol. The second-order valence-corrected chi connectivity index (χ2v) is 12.5. The summed E-state index contributed by atoms with van der Waals surface area (Å²) >= 11 is 0. The van der Waals surface area contributed by atoms with Gasteiger partial charge in [0.15, 0.2) is 17.5 Å². The second kappa shape index (κ2) is 12.0. The van der Waals surface area contributed by atoms with Crippen molar-refractivity contribution in [1.29, 1.82) is 0 Å². The number of hydrogen-bond donors (Lipinski definition) is 0. The quantitative estimate of drug-likeness (QED) is 0.174. The van der Waals surface area contributed by atoms with Crippen LogP contribution in [-0.2, 0) is 6.42 Å². The fourth-order valence-electron chi connectivity index (χ4n) is 7.08. The highest BCUT2D eigenvalue weighted by molar-refractivity contribution is 6.13.